The van der Waals surface area contributed by atoms with E-state index in [1.807, 2.05) is 25.1 Å². The second kappa shape index (κ2) is 7.86. The summed E-state index contributed by atoms with van der Waals surface area (Å²) in [5, 5.41) is 2.99. The third kappa shape index (κ3) is 4.34. The highest BCUT2D eigenvalue weighted by molar-refractivity contribution is 5.94. The van der Waals surface area contributed by atoms with Gasteiger partial charge in [-0.3, -0.25) is 4.79 Å². The van der Waals surface area contributed by atoms with Gasteiger partial charge in [-0.15, -0.1) is 12.4 Å². The van der Waals surface area contributed by atoms with Crippen LogP contribution in [0.5, 0.6) is 0 Å². The first-order valence-electron chi connectivity index (χ1n) is 6.75. The first-order valence-corrected chi connectivity index (χ1v) is 6.75. The van der Waals surface area contributed by atoms with E-state index < -0.39 is 0 Å². The largest absolute Gasteiger partial charge is 0.467 e. The minimum Gasteiger partial charge on any atom is -0.467 e. The molecular weight excluding hydrogens is 288 g/mol. The van der Waals surface area contributed by atoms with Crippen molar-refractivity contribution in [1.82, 2.24) is 5.32 Å². The van der Waals surface area contributed by atoms with Crippen molar-refractivity contribution in [3.63, 3.8) is 0 Å². The van der Waals surface area contributed by atoms with E-state index in [9.17, 15) is 4.79 Å². The zero-order valence-corrected chi connectivity index (χ0v) is 13.0. The summed E-state index contributed by atoms with van der Waals surface area (Å²) in [6, 6.07) is 11.8. The van der Waals surface area contributed by atoms with Gasteiger partial charge in [0.15, 0.2) is 0 Å². The minimum absolute atomic E-state index is 0. The van der Waals surface area contributed by atoms with Crippen LogP contribution in [-0.4, -0.2) is 11.9 Å². The summed E-state index contributed by atoms with van der Waals surface area (Å²) in [5.41, 5.74) is 7.18. The molecule has 2 unspecified atom stereocenters. The molecule has 1 aromatic heterocycles. The van der Waals surface area contributed by atoms with Crippen LogP contribution in [0.25, 0.3) is 0 Å². The van der Waals surface area contributed by atoms with Gasteiger partial charge in [0.05, 0.1) is 12.1 Å². The fourth-order valence-corrected chi connectivity index (χ4v) is 2.07. The summed E-state index contributed by atoms with van der Waals surface area (Å²) >= 11 is 0. The van der Waals surface area contributed by atoms with Crippen LogP contribution in [0.1, 0.15) is 41.4 Å². The number of halogens is 1. The molecule has 0 fully saturated rings. The fraction of sp³-hybridized carbons (Fsp3) is 0.312. The predicted molar refractivity (Wildman–Crippen MR) is 85.6 cm³/mol. The Labute approximate surface area is 131 Å². The number of amides is 1. The molecule has 0 saturated heterocycles. The molecule has 0 bridgehead atoms. The molecule has 1 amide bonds. The van der Waals surface area contributed by atoms with E-state index in [-0.39, 0.29) is 30.3 Å². The molecule has 2 rings (SSSR count). The molecule has 2 aromatic rings. The number of nitrogens with two attached hydrogens (primary N) is 1. The maximum Gasteiger partial charge on any atom is 0.254 e. The normalized spacial score (nSPS) is 13.1. The second-order valence-corrected chi connectivity index (χ2v) is 4.97. The quantitative estimate of drug-likeness (QED) is 0.892. The number of nitrogens with one attached hydrogen (secondary N) is 1. The molecule has 1 heterocycles. The first kappa shape index (κ1) is 17.3. The molecule has 0 aliphatic rings. The predicted octanol–water partition coefficient (Wildman–Crippen LogP) is 3.08. The van der Waals surface area contributed by atoms with Crippen LogP contribution in [0.2, 0.25) is 0 Å². The summed E-state index contributed by atoms with van der Waals surface area (Å²) in [5.74, 6) is 0.712. The van der Waals surface area contributed by atoms with Gasteiger partial charge in [-0.2, -0.15) is 0 Å². The molecule has 1 aromatic carbocycles. The summed E-state index contributed by atoms with van der Waals surface area (Å²) < 4.78 is 5.18. The Kier molecular flexibility index (Phi) is 6.46. The summed E-state index contributed by atoms with van der Waals surface area (Å²) in [6.45, 7) is 4.39. The van der Waals surface area contributed by atoms with Crippen LogP contribution in [-0.2, 0) is 6.54 Å². The zero-order valence-electron chi connectivity index (χ0n) is 12.2. The van der Waals surface area contributed by atoms with Gasteiger partial charge < -0.3 is 15.5 Å². The zero-order chi connectivity index (χ0) is 14.5. The number of rotatable bonds is 5. The fourth-order valence-electron chi connectivity index (χ4n) is 2.07. The monoisotopic (exact) mass is 308 g/mol. The van der Waals surface area contributed by atoms with Gasteiger partial charge in [0.2, 0.25) is 0 Å². The minimum atomic E-state index is -0.135. The summed E-state index contributed by atoms with van der Waals surface area (Å²) in [6.07, 6.45) is 1.44. The Balaban J connectivity index is 0.00000220. The number of carbonyl (C=O) groups excluding carboxylic acids is 1. The van der Waals surface area contributed by atoms with Crippen LogP contribution < -0.4 is 11.1 Å². The molecule has 3 N–H and O–H groups in total. The maximum absolute atomic E-state index is 12.1. The van der Waals surface area contributed by atoms with Gasteiger partial charge in [-0.05, 0) is 18.6 Å². The lowest BCUT2D eigenvalue weighted by Gasteiger charge is -2.21. The Bertz CT molecular complexity index is 569. The lowest BCUT2D eigenvalue weighted by atomic mass is 9.94. The topological polar surface area (TPSA) is 68.3 Å². The second-order valence-electron chi connectivity index (χ2n) is 4.97. The third-order valence-electron chi connectivity index (χ3n) is 3.55. The van der Waals surface area contributed by atoms with Gasteiger partial charge >= 0.3 is 0 Å². The van der Waals surface area contributed by atoms with Gasteiger partial charge in [-0.25, -0.2) is 0 Å². The average Bonchev–Trinajstić information content (AvgIpc) is 2.96. The van der Waals surface area contributed by atoms with E-state index in [0.29, 0.717) is 17.9 Å². The molecule has 0 aliphatic carbocycles. The summed E-state index contributed by atoms with van der Waals surface area (Å²) in [4.78, 5) is 12.1. The molecule has 0 radical (unpaired) electrons. The smallest absolute Gasteiger partial charge is 0.254 e. The van der Waals surface area contributed by atoms with Crippen molar-refractivity contribution in [2.75, 3.05) is 0 Å². The van der Waals surface area contributed by atoms with Crippen LogP contribution >= 0.6 is 12.4 Å². The molecule has 114 valence electrons. The molecule has 5 heteroatoms. The van der Waals surface area contributed by atoms with Crippen LogP contribution in [0.3, 0.4) is 0 Å². The van der Waals surface area contributed by atoms with E-state index in [4.69, 9.17) is 10.2 Å². The number of hydrogen-bond donors (Lipinski definition) is 2. The molecular formula is C16H21ClN2O2. The van der Waals surface area contributed by atoms with E-state index >= 15 is 0 Å². The summed E-state index contributed by atoms with van der Waals surface area (Å²) in [7, 11) is 0. The maximum atomic E-state index is 12.1. The highest BCUT2D eigenvalue weighted by atomic mass is 35.5. The van der Waals surface area contributed by atoms with Crippen molar-refractivity contribution in [3.05, 3.63) is 59.5 Å². The van der Waals surface area contributed by atoms with Gasteiger partial charge in [0.25, 0.3) is 5.91 Å². The average molecular weight is 309 g/mol. The highest BCUT2D eigenvalue weighted by Gasteiger charge is 2.18. The van der Waals surface area contributed by atoms with Crippen LogP contribution in [0, 0.1) is 0 Å². The van der Waals surface area contributed by atoms with E-state index in [1.54, 1.807) is 6.07 Å². The Hall–Kier alpha value is -1.78. The van der Waals surface area contributed by atoms with E-state index in [2.05, 4.69) is 24.4 Å². The van der Waals surface area contributed by atoms with E-state index in [1.165, 1.54) is 11.8 Å². The van der Waals surface area contributed by atoms with Gasteiger partial charge in [0.1, 0.15) is 12.0 Å². The number of benzene rings is 1. The number of carbonyl (C=O) groups is 1. The molecule has 0 saturated carbocycles. The first-order chi connectivity index (χ1) is 9.61. The Morgan fingerprint density at radius 1 is 1.29 bits per heavy atom. The Morgan fingerprint density at radius 2 is 1.95 bits per heavy atom. The van der Waals surface area contributed by atoms with Crippen molar-refractivity contribution in [2.24, 2.45) is 5.73 Å². The lowest BCUT2D eigenvalue weighted by Crippen LogP contribution is -2.35. The molecule has 21 heavy (non-hydrogen) atoms. The highest BCUT2D eigenvalue weighted by Crippen LogP contribution is 2.19. The van der Waals surface area contributed by atoms with Crippen molar-refractivity contribution in [2.45, 2.75) is 32.4 Å². The van der Waals surface area contributed by atoms with Crippen LogP contribution in [0.4, 0.5) is 0 Å². The van der Waals surface area contributed by atoms with Crippen LogP contribution in [0.15, 0.2) is 47.1 Å². The third-order valence-corrected chi connectivity index (χ3v) is 3.55. The SMILES string of the molecule is CC(NC(=O)c1coc(CN)c1)C(C)c1ccccc1.Cl. The van der Waals surface area contributed by atoms with Crippen molar-refractivity contribution in [3.8, 4) is 0 Å². The molecule has 4 nitrogen and oxygen atoms in total. The van der Waals surface area contributed by atoms with Crippen molar-refractivity contribution in [1.29, 1.82) is 0 Å². The van der Waals surface area contributed by atoms with Gasteiger partial charge in [0, 0.05) is 12.0 Å². The molecule has 0 spiro atoms. The lowest BCUT2D eigenvalue weighted by molar-refractivity contribution is 0.0935. The molecule has 2 atom stereocenters. The van der Waals surface area contributed by atoms with Crippen molar-refractivity contribution >= 4 is 18.3 Å². The Morgan fingerprint density at radius 3 is 2.52 bits per heavy atom. The van der Waals surface area contributed by atoms with Crippen molar-refractivity contribution < 1.29 is 9.21 Å². The molecule has 0 aliphatic heterocycles. The van der Waals surface area contributed by atoms with Gasteiger partial charge in [-0.1, -0.05) is 37.3 Å². The number of hydrogen-bond acceptors (Lipinski definition) is 3. The van der Waals surface area contributed by atoms with E-state index in [0.717, 1.165) is 0 Å². The standard InChI is InChI=1S/C16H20N2O2.ClH/c1-11(13-6-4-3-5-7-13)12(2)18-16(19)14-8-15(9-17)20-10-14;/h3-8,10-12H,9,17H2,1-2H3,(H,18,19);1H. The number of furan rings is 1.